The Morgan fingerprint density at radius 3 is 2.96 bits per heavy atom. The molecule has 1 aliphatic carbocycles. The fraction of sp³-hybridized carbons (Fsp3) is 0.750. The van der Waals surface area contributed by atoms with Crippen molar-refractivity contribution in [3.8, 4) is 0 Å². The molecule has 0 aromatic carbocycles. The zero-order chi connectivity index (χ0) is 17.8. The van der Waals surface area contributed by atoms with Gasteiger partial charge < -0.3 is 19.7 Å². The summed E-state index contributed by atoms with van der Waals surface area (Å²) in [6, 6.07) is 2.55. The van der Waals surface area contributed by atoms with Crippen molar-refractivity contribution in [2.45, 2.75) is 57.2 Å². The van der Waals surface area contributed by atoms with Crippen molar-refractivity contribution in [3.63, 3.8) is 0 Å². The van der Waals surface area contributed by atoms with Crippen molar-refractivity contribution in [2.75, 3.05) is 32.9 Å². The summed E-state index contributed by atoms with van der Waals surface area (Å²) >= 11 is 1.70. The minimum Gasteiger partial charge on any atom is -0.378 e. The Kier molecular flexibility index (Phi) is 7.57. The molecule has 2 aliphatic heterocycles. The van der Waals surface area contributed by atoms with Crippen LogP contribution in [0.15, 0.2) is 16.8 Å². The molecule has 2 unspecified atom stereocenters. The predicted octanol–water partition coefficient (Wildman–Crippen LogP) is 3.23. The van der Waals surface area contributed by atoms with Crippen LogP contribution in [-0.2, 0) is 20.8 Å². The molecule has 5 nitrogen and oxygen atoms in total. The minimum absolute atomic E-state index is 0. The topological polar surface area (TPSA) is 50.8 Å². The fourth-order valence-corrected chi connectivity index (χ4v) is 5.13. The Labute approximate surface area is 172 Å². The normalized spacial score (nSPS) is 25.9. The molecular weight excluding hydrogens is 384 g/mol. The Hall–Kier alpha value is -0.660. The van der Waals surface area contributed by atoms with Crippen LogP contribution in [0.5, 0.6) is 0 Å². The predicted molar refractivity (Wildman–Crippen MR) is 109 cm³/mol. The third-order valence-electron chi connectivity index (χ3n) is 6.16. The zero-order valence-electron chi connectivity index (χ0n) is 15.9. The number of carbonyl (C=O) groups is 1. The number of halogens is 1. The first-order valence-electron chi connectivity index (χ1n) is 9.97. The molecule has 3 aliphatic rings. The van der Waals surface area contributed by atoms with Crippen LogP contribution in [0.4, 0.5) is 0 Å². The highest BCUT2D eigenvalue weighted by Crippen LogP contribution is 2.56. The number of carbonyl (C=O) groups excluding carboxylic acids is 1. The van der Waals surface area contributed by atoms with E-state index in [1.807, 2.05) is 0 Å². The molecule has 3 fully saturated rings. The Balaban J connectivity index is 0.00000210. The van der Waals surface area contributed by atoms with E-state index in [9.17, 15) is 4.79 Å². The second-order valence-electron chi connectivity index (χ2n) is 7.95. The standard InChI is InChI=1S/C20H30N2O3S.ClH/c23-19(3-10-24-14-17-2-1-9-25-17)22(13-16-4-11-26-15-16)18-12-20(18)5-7-21-8-6-20;/h4,11,15,17-18,21H,1-3,5-10,12-14H2;1H. The van der Waals surface area contributed by atoms with Crippen LogP contribution in [0.1, 0.15) is 44.1 Å². The van der Waals surface area contributed by atoms with Gasteiger partial charge in [-0.3, -0.25) is 4.79 Å². The first kappa shape index (κ1) is 21.1. The van der Waals surface area contributed by atoms with Crippen LogP contribution in [-0.4, -0.2) is 55.9 Å². The van der Waals surface area contributed by atoms with Gasteiger partial charge in [-0.15, -0.1) is 12.4 Å². The molecule has 1 saturated carbocycles. The highest BCUT2D eigenvalue weighted by Gasteiger charge is 2.57. The molecule has 1 aromatic heterocycles. The van der Waals surface area contributed by atoms with Crippen LogP contribution in [0.25, 0.3) is 0 Å². The van der Waals surface area contributed by atoms with Crippen molar-refractivity contribution in [2.24, 2.45) is 5.41 Å². The van der Waals surface area contributed by atoms with Crippen molar-refractivity contribution < 1.29 is 14.3 Å². The molecule has 7 heteroatoms. The van der Waals surface area contributed by atoms with Crippen LogP contribution in [0, 0.1) is 5.41 Å². The van der Waals surface area contributed by atoms with Crippen molar-refractivity contribution >= 4 is 29.7 Å². The molecule has 1 spiro atoms. The van der Waals surface area contributed by atoms with E-state index in [4.69, 9.17) is 9.47 Å². The van der Waals surface area contributed by atoms with Gasteiger partial charge in [-0.25, -0.2) is 0 Å². The maximum absolute atomic E-state index is 13.0. The number of amides is 1. The number of ether oxygens (including phenoxy) is 2. The molecule has 3 heterocycles. The van der Waals surface area contributed by atoms with Crippen molar-refractivity contribution in [1.82, 2.24) is 10.2 Å². The summed E-state index contributed by atoms with van der Waals surface area (Å²) in [6.07, 6.45) is 6.47. The maximum Gasteiger partial charge on any atom is 0.225 e. The molecule has 152 valence electrons. The second-order valence-corrected chi connectivity index (χ2v) is 8.73. The van der Waals surface area contributed by atoms with E-state index in [0.29, 0.717) is 31.1 Å². The van der Waals surface area contributed by atoms with E-state index in [1.54, 1.807) is 11.3 Å². The lowest BCUT2D eigenvalue weighted by atomic mass is 9.93. The lowest BCUT2D eigenvalue weighted by molar-refractivity contribution is -0.134. The average Bonchev–Trinajstić information content (AvgIpc) is 3.09. The summed E-state index contributed by atoms with van der Waals surface area (Å²) in [7, 11) is 0. The summed E-state index contributed by atoms with van der Waals surface area (Å²) in [5.41, 5.74) is 1.62. The molecule has 0 bridgehead atoms. The van der Waals surface area contributed by atoms with Gasteiger partial charge >= 0.3 is 0 Å². The van der Waals surface area contributed by atoms with E-state index in [0.717, 1.165) is 39.1 Å². The van der Waals surface area contributed by atoms with Gasteiger partial charge in [0.25, 0.3) is 0 Å². The molecule has 0 radical (unpaired) electrons. The highest BCUT2D eigenvalue weighted by atomic mass is 35.5. The smallest absolute Gasteiger partial charge is 0.225 e. The first-order chi connectivity index (χ1) is 12.8. The lowest BCUT2D eigenvalue weighted by Gasteiger charge is -2.29. The molecule has 27 heavy (non-hydrogen) atoms. The second kappa shape index (κ2) is 9.70. The maximum atomic E-state index is 13.0. The number of nitrogens with one attached hydrogen (secondary N) is 1. The number of nitrogens with zero attached hydrogens (tertiary/aromatic N) is 1. The Morgan fingerprint density at radius 1 is 1.41 bits per heavy atom. The van der Waals surface area contributed by atoms with Crippen molar-refractivity contribution in [3.05, 3.63) is 22.4 Å². The van der Waals surface area contributed by atoms with E-state index >= 15 is 0 Å². The van der Waals surface area contributed by atoms with Gasteiger partial charge in [0.05, 0.1) is 25.7 Å². The van der Waals surface area contributed by atoms with Gasteiger partial charge in [0.2, 0.25) is 5.91 Å². The average molecular weight is 415 g/mol. The van der Waals surface area contributed by atoms with Gasteiger partial charge in [0, 0.05) is 19.2 Å². The van der Waals surface area contributed by atoms with Crippen LogP contribution >= 0.6 is 23.7 Å². The van der Waals surface area contributed by atoms with Gasteiger partial charge in [-0.1, -0.05) is 0 Å². The fourth-order valence-electron chi connectivity index (χ4n) is 4.47. The van der Waals surface area contributed by atoms with Crippen LogP contribution in [0.2, 0.25) is 0 Å². The molecule has 2 saturated heterocycles. The first-order valence-corrected chi connectivity index (χ1v) is 10.9. The summed E-state index contributed by atoms with van der Waals surface area (Å²) in [6.45, 7) is 4.88. The number of hydrogen-bond acceptors (Lipinski definition) is 5. The summed E-state index contributed by atoms with van der Waals surface area (Å²) in [4.78, 5) is 15.1. The number of rotatable bonds is 8. The molecule has 2 atom stereocenters. The van der Waals surface area contributed by atoms with Gasteiger partial charge in [-0.05, 0) is 73.0 Å². The largest absolute Gasteiger partial charge is 0.378 e. The molecule has 1 aromatic rings. The summed E-state index contributed by atoms with van der Waals surface area (Å²) < 4.78 is 11.3. The van der Waals surface area contributed by atoms with E-state index < -0.39 is 0 Å². The molecule has 1 amide bonds. The summed E-state index contributed by atoms with van der Waals surface area (Å²) in [5, 5.41) is 7.70. The van der Waals surface area contributed by atoms with Crippen LogP contribution < -0.4 is 5.32 Å². The molecule has 4 rings (SSSR count). The zero-order valence-corrected chi connectivity index (χ0v) is 17.5. The van der Waals surface area contributed by atoms with Crippen molar-refractivity contribution in [1.29, 1.82) is 0 Å². The third kappa shape index (κ3) is 5.24. The van der Waals surface area contributed by atoms with Crippen LogP contribution in [0.3, 0.4) is 0 Å². The van der Waals surface area contributed by atoms with E-state index in [-0.39, 0.29) is 24.4 Å². The number of thiophene rings is 1. The van der Waals surface area contributed by atoms with Gasteiger partial charge in [-0.2, -0.15) is 11.3 Å². The van der Waals surface area contributed by atoms with Gasteiger partial charge in [0.15, 0.2) is 0 Å². The molecule has 1 N–H and O–H groups in total. The van der Waals surface area contributed by atoms with E-state index in [2.05, 4.69) is 27.0 Å². The summed E-state index contributed by atoms with van der Waals surface area (Å²) in [5.74, 6) is 0.240. The minimum atomic E-state index is 0. The SMILES string of the molecule is Cl.O=C(CCOCC1CCCO1)N(Cc1ccsc1)C1CC12CCNCC2. The van der Waals surface area contributed by atoms with Gasteiger partial charge in [0.1, 0.15) is 0 Å². The molecular formula is C20H31ClN2O3S. The third-order valence-corrected chi connectivity index (χ3v) is 6.90. The highest BCUT2D eigenvalue weighted by molar-refractivity contribution is 7.07. The Morgan fingerprint density at radius 2 is 2.26 bits per heavy atom. The van der Waals surface area contributed by atoms with E-state index in [1.165, 1.54) is 24.8 Å². The Bertz CT molecular complexity index is 586. The monoisotopic (exact) mass is 414 g/mol. The quantitative estimate of drug-likeness (QED) is 0.663. The number of hydrogen-bond donors (Lipinski definition) is 1. The number of piperidine rings is 1. The lowest BCUT2D eigenvalue weighted by Crippen LogP contribution is -2.39.